The van der Waals surface area contributed by atoms with Gasteiger partial charge in [-0.3, -0.25) is 0 Å². The summed E-state index contributed by atoms with van der Waals surface area (Å²) in [5, 5.41) is 15.6. The zero-order valence-corrected chi connectivity index (χ0v) is 16.8. The lowest BCUT2D eigenvalue weighted by molar-refractivity contribution is 0.122. The predicted octanol–water partition coefficient (Wildman–Crippen LogP) is 2.64. The summed E-state index contributed by atoms with van der Waals surface area (Å²) in [5.74, 6) is 1.60. The number of fused-ring (bicyclic) bond motifs is 2. The van der Waals surface area contributed by atoms with Gasteiger partial charge in [0.25, 0.3) is 0 Å². The van der Waals surface area contributed by atoms with Crippen molar-refractivity contribution in [2.75, 3.05) is 37.5 Å². The van der Waals surface area contributed by atoms with Crippen LogP contribution in [0.5, 0.6) is 0 Å². The fourth-order valence-corrected chi connectivity index (χ4v) is 4.40. The van der Waals surface area contributed by atoms with Crippen LogP contribution in [0.3, 0.4) is 0 Å². The molecule has 0 unspecified atom stereocenters. The van der Waals surface area contributed by atoms with Crippen molar-refractivity contribution in [3.63, 3.8) is 0 Å². The van der Waals surface area contributed by atoms with Crippen LogP contribution in [0, 0.1) is 0 Å². The molecule has 4 heterocycles. The Morgan fingerprint density at radius 3 is 2.68 bits per heavy atom. The molecule has 1 saturated heterocycles. The van der Waals surface area contributed by atoms with Crippen LogP contribution in [0.4, 0.5) is 5.82 Å². The van der Waals surface area contributed by atoms with Crippen molar-refractivity contribution < 1.29 is 4.74 Å². The summed E-state index contributed by atoms with van der Waals surface area (Å²) in [6.07, 6.45) is 3.81. The van der Waals surface area contributed by atoms with E-state index in [4.69, 9.17) is 14.7 Å². The van der Waals surface area contributed by atoms with E-state index in [1.807, 2.05) is 42.8 Å². The van der Waals surface area contributed by atoms with Gasteiger partial charge in [0, 0.05) is 18.7 Å². The molecule has 0 bridgehead atoms. The minimum atomic E-state index is 0.688. The second-order valence-corrected chi connectivity index (χ2v) is 7.91. The van der Waals surface area contributed by atoms with Gasteiger partial charge in [0.1, 0.15) is 10.8 Å². The summed E-state index contributed by atoms with van der Waals surface area (Å²) in [5.41, 5.74) is 1.88. The van der Waals surface area contributed by atoms with E-state index in [2.05, 4.69) is 20.2 Å². The Hall–Kier alpha value is -2.43. The second kappa shape index (κ2) is 7.53. The Morgan fingerprint density at radius 2 is 1.89 bits per heavy atom. The van der Waals surface area contributed by atoms with Crippen LogP contribution in [0.2, 0.25) is 0 Å². The number of aromatic nitrogens is 5. The molecule has 0 amide bonds. The number of hydrogen-bond donors (Lipinski definition) is 0. The maximum absolute atomic E-state index is 5.50. The first-order valence-corrected chi connectivity index (χ1v) is 10.9. The Bertz CT molecular complexity index is 1030. The first kappa shape index (κ1) is 17.7. The molecule has 0 N–H and O–H groups in total. The lowest BCUT2D eigenvalue weighted by Gasteiger charge is -2.29. The monoisotopic (exact) mass is 411 g/mol. The van der Waals surface area contributed by atoms with Gasteiger partial charge >= 0.3 is 0 Å². The van der Waals surface area contributed by atoms with Gasteiger partial charge in [0.05, 0.1) is 25.0 Å². The maximum Gasteiger partial charge on any atom is 0.218 e. The lowest BCUT2D eigenvalue weighted by Crippen LogP contribution is -2.37. The van der Waals surface area contributed by atoms with Crippen molar-refractivity contribution in [2.24, 2.45) is 5.10 Å². The SMILES string of the molecule is CSc1nc2c(c(N3CCOCC3)n1)C=Nn1c(nnc1-c1ccccc1)S2. The molecule has 5 rings (SSSR count). The highest BCUT2D eigenvalue weighted by atomic mass is 32.2. The quantitative estimate of drug-likeness (QED) is 0.289. The van der Waals surface area contributed by atoms with Crippen LogP contribution in [0.1, 0.15) is 5.56 Å². The van der Waals surface area contributed by atoms with E-state index in [-0.39, 0.29) is 0 Å². The number of thioether (sulfide) groups is 1. The van der Waals surface area contributed by atoms with Gasteiger partial charge in [-0.05, 0) is 18.0 Å². The summed E-state index contributed by atoms with van der Waals surface area (Å²) >= 11 is 3.00. The van der Waals surface area contributed by atoms with E-state index >= 15 is 0 Å². The maximum atomic E-state index is 5.50. The van der Waals surface area contributed by atoms with Gasteiger partial charge in [-0.15, -0.1) is 10.2 Å². The van der Waals surface area contributed by atoms with Crippen LogP contribution < -0.4 is 4.90 Å². The molecule has 0 aliphatic carbocycles. The highest BCUT2D eigenvalue weighted by molar-refractivity contribution is 7.99. The zero-order chi connectivity index (χ0) is 18.9. The molecule has 0 saturated carbocycles. The van der Waals surface area contributed by atoms with Gasteiger partial charge in [-0.25, -0.2) is 9.97 Å². The van der Waals surface area contributed by atoms with E-state index in [1.165, 1.54) is 23.5 Å². The molecule has 0 atom stereocenters. The Balaban J connectivity index is 1.61. The van der Waals surface area contributed by atoms with Crippen molar-refractivity contribution >= 4 is 35.6 Å². The molecule has 2 aliphatic rings. The molecule has 1 aromatic carbocycles. The smallest absolute Gasteiger partial charge is 0.218 e. The third-order valence-electron chi connectivity index (χ3n) is 4.50. The van der Waals surface area contributed by atoms with E-state index < -0.39 is 0 Å². The molecular weight excluding hydrogens is 394 g/mol. The van der Waals surface area contributed by atoms with Crippen LogP contribution >= 0.6 is 23.5 Å². The van der Waals surface area contributed by atoms with E-state index in [0.717, 1.165) is 40.2 Å². The minimum Gasteiger partial charge on any atom is -0.378 e. The van der Waals surface area contributed by atoms with Gasteiger partial charge in [0.15, 0.2) is 11.0 Å². The fraction of sp³-hybridized carbons (Fsp3) is 0.278. The molecule has 2 aromatic heterocycles. The average Bonchev–Trinajstić information content (AvgIpc) is 3.06. The standard InChI is InChI=1S/C18H17N7OS2/c1-27-17-20-15(24-7-9-26-10-8-24)13-11-19-25-14(12-5-3-2-4-6-12)22-23-18(25)28-16(13)21-17/h2-6,11H,7-10H2,1H3. The first-order valence-electron chi connectivity index (χ1n) is 8.85. The van der Waals surface area contributed by atoms with Gasteiger partial charge < -0.3 is 9.64 Å². The molecule has 0 radical (unpaired) electrons. The summed E-state index contributed by atoms with van der Waals surface area (Å²) in [6.45, 7) is 3.00. The van der Waals surface area contributed by atoms with Gasteiger partial charge in [0.2, 0.25) is 5.16 Å². The molecule has 2 aliphatic heterocycles. The topological polar surface area (TPSA) is 81.3 Å². The second-order valence-electron chi connectivity index (χ2n) is 6.18. The largest absolute Gasteiger partial charge is 0.378 e. The number of ether oxygens (including phenoxy) is 1. The van der Waals surface area contributed by atoms with E-state index in [0.29, 0.717) is 24.2 Å². The highest BCUT2D eigenvalue weighted by Gasteiger charge is 2.25. The van der Waals surface area contributed by atoms with Crippen molar-refractivity contribution in [3.05, 3.63) is 35.9 Å². The van der Waals surface area contributed by atoms with Crippen LogP contribution in [0.25, 0.3) is 11.4 Å². The number of anilines is 1. The van der Waals surface area contributed by atoms with Crippen LogP contribution in [-0.4, -0.2) is 63.6 Å². The fourth-order valence-electron chi connectivity index (χ4n) is 3.12. The number of morpholine rings is 1. The summed E-state index contributed by atoms with van der Waals surface area (Å²) < 4.78 is 7.27. The molecule has 28 heavy (non-hydrogen) atoms. The summed E-state index contributed by atoms with van der Waals surface area (Å²) in [6, 6.07) is 9.93. The summed E-state index contributed by atoms with van der Waals surface area (Å²) in [4.78, 5) is 11.7. The third-order valence-corrected chi connectivity index (χ3v) is 5.99. The van der Waals surface area contributed by atoms with Crippen LogP contribution in [0.15, 0.2) is 50.8 Å². The average molecular weight is 412 g/mol. The van der Waals surface area contributed by atoms with E-state index in [9.17, 15) is 0 Å². The Kier molecular flexibility index (Phi) is 4.75. The lowest BCUT2D eigenvalue weighted by atomic mass is 10.2. The van der Waals surface area contributed by atoms with Crippen molar-refractivity contribution in [1.29, 1.82) is 0 Å². The van der Waals surface area contributed by atoms with Crippen molar-refractivity contribution in [3.8, 4) is 11.4 Å². The molecule has 10 heteroatoms. The van der Waals surface area contributed by atoms with E-state index in [1.54, 1.807) is 4.68 Å². The van der Waals surface area contributed by atoms with Gasteiger partial charge in [-0.1, -0.05) is 42.1 Å². The number of benzene rings is 1. The molecule has 1 fully saturated rings. The van der Waals surface area contributed by atoms with Crippen molar-refractivity contribution in [2.45, 2.75) is 15.3 Å². The predicted molar refractivity (Wildman–Crippen MR) is 109 cm³/mol. The third kappa shape index (κ3) is 3.17. The number of rotatable bonds is 3. The van der Waals surface area contributed by atoms with Crippen LogP contribution in [-0.2, 0) is 4.74 Å². The normalized spacial score (nSPS) is 15.8. The number of nitrogens with zero attached hydrogens (tertiary/aromatic N) is 7. The molecular formula is C18H17N7OS2. The van der Waals surface area contributed by atoms with Crippen molar-refractivity contribution in [1.82, 2.24) is 24.8 Å². The Labute approximate surface area is 170 Å². The highest BCUT2D eigenvalue weighted by Crippen LogP contribution is 2.36. The number of hydrogen-bond acceptors (Lipinski definition) is 9. The Morgan fingerprint density at radius 1 is 1.07 bits per heavy atom. The molecule has 0 spiro atoms. The first-order chi connectivity index (χ1) is 13.8. The zero-order valence-electron chi connectivity index (χ0n) is 15.1. The van der Waals surface area contributed by atoms with Gasteiger partial charge in [-0.2, -0.15) is 9.78 Å². The molecule has 8 nitrogen and oxygen atoms in total. The minimum absolute atomic E-state index is 0.688. The molecule has 142 valence electrons. The molecule has 3 aromatic rings. The summed E-state index contributed by atoms with van der Waals surface area (Å²) in [7, 11) is 0.